The van der Waals surface area contributed by atoms with E-state index in [0.29, 0.717) is 6.61 Å². The number of nitrogens with zero attached hydrogens (tertiary/aromatic N) is 1. The molecule has 1 unspecified atom stereocenters. The summed E-state index contributed by atoms with van der Waals surface area (Å²) in [6, 6.07) is 0. The van der Waals surface area contributed by atoms with Gasteiger partial charge in [-0.3, -0.25) is 0 Å². The van der Waals surface area contributed by atoms with E-state index in [1.54, 1.807) is 0 Å². The topological polar surface area (TPSA) is 72.6 Å². The van der Waals surface area contributed by atoms with E-state index in [9.17, 15) is 8.42 Å². The van der Waals surface area contributed by atoms with E-state index in [2.05, 4.69) is 11.9 Å². The van der Waals surface area contributed by atoms with Crippen molar-refractivity contribution in [2.24, 2.45) is 10.6 Å². The summed E-state index contributed by atoms with van der Waals surface area (Å²) in [6.07, 6.45) is 0.632. The molecule has 0 aliphatic carbocycles. The number of primary sulfonamides is 1. The first-order valence-electron chi connectivity index (χ1n) is 4.69. The fourth-order valence-electron chi connectivity index (χ4n) is 2.58. The highest BCUT2D eigenvalue weighted by atomic mass is 32.2. The van der Waals surface area contributed by atoms with Crippen LogP contribution in [0.25, 0.3) is 0 Å². The molecular formula is C8H16N2O3S. The lowest BCUT2D eigenvalue weighted by atomic mass is 9.78. The lowest BCUT2D eigenvalue weighted by Crippen LogP contribution is -2.54. The zero-order chi connectivity index (χ0) is 10.4. The smallest absolute Gasteiger partial charge is 0.211 e. The molecule has 5 nitrogen and oxygen atoms in total. The Kier molecular flexibility index (Phi) is 2.34. The molecule has 2 rings (SSSR count). The summed E-state index contributed by atoms with van der Waals surface area (Å²) in [5.74, 6) is -0.0432. The molecule has 0 amide bonds. The van der Waals surface area contributed by atoms with Gasteiger partial charge in [-0.1, -0.05) is 0 Å². The molecule has 0 radical (unpaired) electrons. The van der Waals surface area contributed by atoms with Gasteiger partial charge in [0.05, 0.1) is 18.5 Å². The summed E-state index contributed by atoms with van der Waals surface area (Å²) in [7, 11) is -1.34. The van der Waals surface area contributed by atoms with Crippen molar-refractivity contribution in [1.82, 2.24) is 4.90 Å². The molecule has 2 aliphatic rings. The van der Waals surface area contributed by atoms with Gasteiger partial charge in [0.25, 0.3) is 0 Å². The summed E-state index contributed by atoms with van der Waals surface area (Å²) >= 11 is 0. The molecular weight excluding hydrogens is 204 g/mol. The summed E-state index contributed by atoms with van der Waals surface area (Å²) < 4.78 is 27.2. The molecule has 2 N–H and O–H groups in total. The first kappa shape index (κ1) is 10.4. The molecule has 0 aromatic heterocycles. The van der Waals surface area contributed by atoms with Crippen LogP contribution in [0.1, 0.15) is 6.42 Å². The molecule has 0 aromatic rings. The Morgan fingerprint density at radius 3 is 2.71 bits per heavy atom. The van der Waals surface area contributed by atoms with Crippen molar-refractivity contribution in [3.05, 3.63) is 0 Å². The maximum absolute atomic E-state index is 10.9. The maximum atomic E-state index is 10.9. The number of likely N-dealkylation sites (tertiary alicyclic amines) is 1. The van der Waals surface area contributed by atoms with Crippen molar-refractivity contribution in [1.29, 1.82) is 0 Å². The third-order valence-corrected chi connectivity index (χ3v) is 3.75. The van der Waals surface area contributed by atoms with E-state index in [1.807, 2.05) is 0 Å². The van der Waals surface area contributed by atoms with Crippen LogP contribution in [0.2, 0.25) is 0 Å². The van der Waals surface area contributed by atoms with Gasteiger partial charge in [0.2, 0.25) is 10.0 Å². The van der Waals surface area contributed by atoms with Crippen molar-refractivity contribution in [3.8, 4) is 0 Å². The molecule has 82 valence electrons. The third kappa shape index (κ3) is 2.08. The Morgan fingerprint density at radius 1 is 1.57 bits per heavy atom. The second kappa shape index (κ2) is 3.16. The first-order valence-corrected chi connectivity index (χ1v) is 6.41. The number of ether oxygens (including phenoxy) is 1. The van der Waals surface area contributed by atoms with Crippen LogP contribution in [0.5, 0.6) is 0 Å². The average molecular weight is 220 g/mol. The highest BCUT2D eigenvalue weighted by molar-refractivity contribution is 7.89. The van der Waals surface area contributed by atoms with Crippen LogP contribution in [0.3, 0.4) is 0 Å². The van der Waals surface area contributed by atoms with Gasteiger partial charge in [0.15, 0.2) is 0 Å². The molecule has 0 aromatic carbocycles. The third-order valence-electron chi connectivity index (χ3n) is 2.91. The van der Waals surface area contributed by atoms with Gasteiger partial charge in [-0.2, -0.15) is 0 Å². The van der Waals surface area contributed by atoms with Gasteiger partial charge in [0, 0.05) is 18.5 Å². The SMILES string of the molecule is CN1CC2(COC(CS(N)(=O)=O)C2)C1. The van der Waals surface area contributed by atoms with E-state index in [4.69, 9.17) is 9.88 Å². The molecule has 6 heteroatoms. The van der Waals surface area contributed by atoms with Crippen LogP contribution in [0, 0.1) is 5.41 Å². The molecule has 2 aliphatic heterocycles. The van der Waals surface area contributed by atoms with Gasteiger partial charge < -0.3 is 9.64 Å². The highest BCUT2D eigenvalue weighted by Gasteiger charge is 2.48. The van der Waals surface area contributed by atoms with Crippen LogP contribution in [-0.2, 0) is 14.8 Å². The molecule has 2 heterocycles. The molecule has 14 heavy (non-hydrogen) atoms. The lowest BCUT2D eigenvalue weighted by molar-refractivity contribution is 0.00987. The van der Waals surface area contributed by atoms with Crippen LogP contribution in [0.4, 0.5) is 0 Å². The number of nitrogens with two attached hydrogens (primary N) is 1. The number of rotatable bonds is 2. The zero-order valence-electron chi connectivity index (χ0n) is 8.27. The van der Waals surface area contributed by atoms with Gasteiger partial charge >= 0.3 is 0 Å². The van der Waals surface area contributed by atoms with Crippen LogP contribution in [0.15, 0.2) is 0 Å². The molecule has 1 atom stereocenters. The van der Waals surface area contributed by atoms with Gasteiger partial charge in [0.1, 0.15) is 0 Å². The van der Waals surface area contributed by atoms with Gasteiger partial charge in [-0.25, -0.2) is 13.6 Å². The molecule has 2 fully saturated rings. The minimum absolute atomic E-state index is 0.0432. The van der Waals surface area contributed by atoms with Crippen molar-refractivity contribution < 1.29 is 13.2 Å². The van der Waals surface area contributed by atoms with Gasteiger partial charge in [-0.15, -0.1) is 0 Å². The van der Waals surface area contributed by atoms with Crippen LogP contribution < -0.4 is 5.14 Å². The molecule has 0 saturated carbocycles. The van der Waals surface area contributed by atoms with Gasteiger partial charge in [-0.05, 0) is 13.5 Å². The number of hydrogen-bond donors (Lipinski definition) is 1. The molecule has 2 saturated heterocycles. The summed E-state index contributed by atoms with van der Waals surface area (Å²) in [4.78, 5) is 2.21. The van der Waals surface area contributed by atoms with E-state index in [-0.39, 0.29) is 17.3 Å². The summed E-state index contributed by atoms with van der Waals surface area (Å²) in [5.41, 5.74) is 0.212. The predicted octanol–water partition coefficient (Wildman–Crippen LogP) is -1.00. The second-order valence-electron chi connectivity index (χ2n) is 4.64. The Labute approximate surface area is 84.3 Å². The largest absolute Gasteiger partial charge is 0.376 e. The van der Waals surface area contributed by atoms with Crippen molar-refractivity contribution in [3.63, 3.8) is 0 Å². The van der Waals surface area contributed by atoms with E-state index in [0.717, 1.165) is 19.5 Å². The Bertz CT molecular complexity index is 321. The lowest BCUT2D eigenvalue weighted by Gasteiger charge is -2.45. The number of hydrogen-bond acceptors (Lipinski definition) is 4. The van der Waals surface area contributed by atoms with E-state index >= 15 is 0 Å². The minimum atomic E-state index is -3.39. The van der Waals surface area contributed by atoms with Crippen molar-refractivity contribution in [2.75, 3.05) is 32.5 Å². The summed E-state index contributed by atoms with van der Waals surface area (Å²) in [6.45, 7) is 2.69. The Balaban J connectivity index is 1.90. The minimum Gasteiger partial charge on any atom is -0.376 e. The second-order valence-corrected chi connectivity index (χ2v) is 6.30. The standard InChI is InChI=1S/C8H16N2O3S/c1-10-4-8(5-10)2-7(13-6-8)3-14(9,11)12/h7H,2-6H2,1H3,(H2,9,11,12). The van der Waals surface area contributed by atoms with Crippen molar-refractivity contribution in [2.45, 2.75) is 12.5 Å². The zero-order valence-corrected chi connectivity index (χ0v) is 9.09. The number of sulfonamides is 1. The maximum Gasteiger partial charge on any atom is 0.211 e. The average Bonchev–Trinajstić information content (AvgIpc) is 2.27. The van der Waals surface area contributed by atoms with Crippen LogP contribution >= 0.6 is 0 Å². The Morgan fingerprint density at radius 2 is 2.21 bits per heavy atom. The first-order chi connectivity index (χ1) is 6.39. The van der Waals surface area contributed by atoms with Crippen molar-refractivity contribution >= 4 is 10.0 Å². The molecule has 1 spiro atoms. The quantitative estimate of drug-likeness (QED) is 0.647. The summed E-state index contributed by atoms with van der Waals surface area (Å²) in [5, 5.41) is 4.97. The van der Waals surface area contributed by atoms with E-state index < -0.39 is 10.0 Å². The fraction of sp³-hybridized carbons (Fsp3) is 1.00. The highest BCUT2D eigenvalue weighted by Crippen LogP contribution is 2.40. The molecule has 0 bridgehead atoms. The Hall–Kier alpha value is -0.170. The monoisotopic (exact) mass is 220 g/mol. The normalized spacial score (nSPS) is 32.0. The van der Waals surface area contributed by atoms with Crippen LogP contribution in [-0.4, -0.2) is 51.9 Å². The van der Waals surface area contributed by atoms with E-state index in [1.165, 1.54) is 0 Å². The fourth-order valence-corrected chi connectivity index (χ4v) is 3.31. The predicted molar refractivity (Wildman–Crippen MR) is 52.3 cm³/mol.